The molecule has 1 rings (SSSR count). The highest BCUT2D eigenvalue weighted by Gasteiger charge is 2.14. The van der Waals surface area contributed by atoms with Gasteiger partial charge in [0.1, 0.15) is 0 Å². The Labute approximate surface area is 71.0 Å². The summed E-state index contributed by atoms with van der Waals surface area (Å²) >= 11 is 0. The smallest absolute Gasteiger partial charge is 0.283 e. The predicted octanol–water partition coefficient (Wildman–Crippen LogP) is 1.61. The van der Waals surface area contributed by atoms with E-state index in [0.717, 1.165) is 0 Å². The van der Waals surface area contributed by atoms with E-state index in [1.54, 1.807) is 6.92 Å². The number of hydrogen-bond donors (Lipinski definition) is 0. The molecule has 0 N–H and O–H groups in total. The summed E-state index contributed by atoms with van der Waals surface area (Å²) in [7, 11) is 0. The van der Waals surface area contributed by atoms with Crippen LogP contribution in [0.4, 0.5) is 0 Å². The number of Topliss-reactive ketones (excluding diaryl/α,β-unsaturated/α-hetero) is 1. The van der Waals surface area contributed by atoms with Crippen molar-refractivity contribution in [1.29, 1.82) is 0 Å². The summed E-state index contributed by atoms with van der Waals surface area (Å²) in [4.78, 5) is 11.3. The molecule has 0 saturated carbocycles. The molecule has 0 bridgehead atoms. The van der Waals surface area contributed by atoms with Gasteiger partial charge >= 0.3 is 0 Å². The third kappa shape index (κ3) is 2.15. The fourth-order valence-electron chi connectivity index (χ4n) is 0.867. The second-order valence-electron chi connectivity index (χ2n) is 3.15. The fourth-order valence-corrected chi connectivity index (χ4v) is 0.867. The van der Waals surface area contributed by atoms with E-state index in [9.17, 15) is 4.79 Å². The van der Waals surface area contributed by atoms with E-state index in [1.807, 2.05) is 13.8 Å². The second-order valence-corrected chi connectivity index (χ2v) is 3.15. The average molecular weight is 168 g/mol. The number of carbonyl (C=O) groups is 1. The average Bonchev–Trinajstić information content (AvgIpc) is 2.34. The van der Waals surface area contributed by atoms with Crippen molar-refractivity contribution >= 4 is 5.78 Å². The first-order chi connectivity index (χ1) is 5.59. The fraction of sp³-hybridized carbons (Fsp3) is 0.625. The zero-order chi connectivity index (χ0) is 9.14. The summed E-state index contributed by atoms with van der Waals surface area (Å²) < 4.78 is 4.97. The molecule has 0 aliphatic heterocycles. The Morgan fingerprint density at radius 2 is 2.17 bits per heavy atom. The summed E-state index contributed by atoms with van der Waals surface area (Å²) in [5, 5.41) is 7.21. The molecule has 0 atom stereocenters. The van der Waals surface area contributed by atoms with Crippen molar-refractivity contribution in [1.82, 2.24) is 10.2 Å². The van der Waals surface area contributed by atoms with Gasteiger partial charge in [0, 0.05) is 13.3 Å². The van der Waals surface area contributed by atoms with Crippen LogP contribution in [0, 0.1) is 12.8 Å². The van der Waals surface area contributed by atoms with Gasteiger partial charge in [0.15, 0.2) is 0 Å². The Morgan fingerprint density at radius 1 is 1.50 bits per heavy atom. The molecule has 0 saturated heterocycles. The monoisotopic (exact) mass is 168 g/mol. The maximum absolute atomic E-state index is 11.3. The largest absolute Gasteiger partial charge is 0.419 e. The molecule has 0 radical (unpaired) electrons. The molecular formula is C8H12N2O2. The Kier molecular flexibility index (Phi) is 2.58. The number of aryl methyl sites for hydroxylation is 1. The van der Waals surface area contributed by atoms with Crippen molar-refractivity contribution in [3.8, 4) is 0 Å². The Balaban J connectivity index is 2.65. The van der Waals surface area contributed by atoms with E-state index in [1.165, 1.54) is 0 Å². The molecule has 1 heterocycles. The van der Waals surface area contributed by atoms with Crippen molar-refractivity contribution < 1.29 is 9.21 Å². The standard InChI is InChI=1S/C8H12N2O2/c1-5(2)4-7(11)8-10-9-6(3)12-8/h5H,4H2,1-3H3. The summed E-state index contributed by atoms with van der Waals surface area (Å²) in [6.45, 7) is 5.61. The van der Waals surface area contributed by atoms with Gasteiger partial charge < -0.3 is 4.42 Å². The molecule has 0 amide bonds. The van der Waals surface area contributed by atoms with Crippen LogP contribution in [-0.4, -0.2) is 16.0 Å². The lowest BCUT2D eigenvalue weighted by molar-refractivity contribution is 0.0932. The van der Waals surface area contributed by atoms with Gasteiger partial charge in [-0.05, 0) is 5.92 Å². The highest BCUT2D eigenvalue weighted by Crippen LogP contribution is 2.07. The van der Waals surface area contributed by atoms with Crippen molar-refractivity contribution in [2.45, 2.75) is 27.2 Å². The maximum Gasteiger partial charge on any atom is 0.283 e. The highest BCUT2D eigenvalue weighted by atomic mass is 16.4. The predicted molar refractivity (Wildman–Crippen MR) is 42.8 cm³/mol. The number of carbonyl (C=O) groups excluding carboxylic acids is 1. The number of rotatable bonds is 3. The molecule has 0 fully saturated rings. The van der Waals surface area contributed by atoms with Crippen LogP contribution in [0.25, 0.3) is 0 Å². The molecule has 12 heavy (non-hydrogen) atoms. The van der Waals surface area contributed by atoms with Crippen LogP contribution < -0.4 is 0 Å². The van der Waals surface area contributed by atoms with Crippen molar-refractivity contribution in [3.63, 3.8) is 0 Å². The number of hydrogen-bond acceptors (Lipinski definition) is 4. The van der Waals surface area contributed by atoms with Crippen LogP contribution in [0.2, 0.25) is 0 Å². The van der Waals surface area contributed by atoms with Gasteiger partial charge in [-0.15, -0.1) is 10.2 Å². The van der Waals surface area contributed by atoms with E-state index in [-0.39, 0.29) is 11.7 Å². The summed E-state index contributed by atoms with van der Waals surface area (Å²) in [5.74, 6) is 0.804. The van der Waals surface area contributed by atoms with Crippen molar-refractivity contribution in [2.75, 3.05) is 0 Å². The van der Waals surface area contributed by atoms with Crippen LogP contribution >= 0.6 is 0 Å². The first-order valence-corrected chi connectivity index (χ1v) is 3.93. The molecule has 0 spiro atoms. The molecule has 0 unspecified atom stereocenters. The minimum absolute atomic E-state index is 0.0781. The Morgan fingerprint density at radius 3 is 2.58 bits per heavy atom. The minimum Gasteiger partial charge on any atom is -0.419 e. The van der Waals surface area contributed by atoms with Crippen LogP contribution in [-0.2, 0) is 0 Å². The molecule has 4 heteroatoms. The van der Waals surface area contributed by atoms with Gasteiger partial charge in [-0.3, -0.25) is 4.79 Å². The number of ketones is 1. The van der Waals surface area contributed by atoms with Crippen LogP contribution in [0.15, 0.2) is 4.42 Å². The molecule has 0 aliphatic carbocycles. The second kappa shape index (κ2) is 3.47. The molecule has 0 aliphatic rings. The number of aromatic nitrogens is 2. The molecular weight excluding hydrogens is 156 g/mol. The highest BCUT2D eigenvalue weighted by molar-refractivity contribution is 5.91. The topological polar surface area (TPSA) is 56.0 Å². The quantitative estimate of drug-likeness (QED) is 0.643. The van der Waals surface area contributed by atoms with E-state index in [0.29, 0.717) is 18.2 Å². The van der Waals surface area contributed by atoms with Gasteiger partial charge in [-0.25, -0.2) is 0 Å². The number of nitrogens with zero attached hydrogens (tertiary/aromatic N) is 2. The lowest BCUT2D eigenvalue weighted by atomic mass is 10.1. The zero-order valence-electron chi connectivity index (χ0n) is 7.50. The SMILES string of the molecule is Cc1nnc(C(=O)CC(C)C)o1. The Bertz CT molecular complexity index is 278. The normalized spacial score (nSPS) is 10.7. The first kappa shape index (κ1) is 8.90. The molecule has 1 aromatic heterocycles. The van der Waals surface area contributed by atoms with E-state index in [2.05, 4.69) is 10.2 Å². The summed E-state index contributed by atoms with van der Waals surface area (Å²) in [6, 6.07) is 0. The van der Waals surface area contributed by atoms with E-state index < -0.39 is 0 Å². The maximum atomic E-state index is 11.3. The lowest BCUT2D eigenvalue weighted by Gasteiger charge is -1.98. The zero-order valence-corrected chi connectivity index (χ0v) is 7.50. The molecule has 4 nitrogen and oxygen atoms in total. The van der Waals surface area contributed by atoms with Crippen LogP contribution in [0.3, 0.4) is 0 Å². The van der Waals surface area contributed by atoms with Gasteiger partial charge in [-0.2, -0.15) is 0 Å². The van der Waals surface area contributed by atoms with Gasteiger partial charge in [0.25, 0.3) is 5.89 Å². The molecule has 66 valence electrons. The minimum atomic E-state index is -0.0781. The third-order valence-corrected chi connectivity index (χ3v) is 1.36. The van der Waals surface area contributed by atoms with Crippen LogP contribution in [0.5, 0.6) is 0 Å². The summed E-state index contributed by atoms with van der Waals surface area (Å²) in [6.07, 6.45) is 0.460. The van der Waals surface area contributed by atoms with Gasteiger partial charge in [0.05, 0.1) is 0 Å². The van der Waals surface area contributed by atoms with Crippen LogP contribution in [0.1, 0.15) is 36.8 Å². The van der Waals surface area contributed by atoms with E-state index in [4.69, 9.17) is 4.42 Å². The molecule has 0 aromatic carbocycles. The van der Waals surface area contributed by atoms with Crippen molar-refractivity contribution in [3.05, 3.63) is 11.8 Å². The Hall–Kier alpha value is -1.19. The van der Waals surface area contributed by atoms with Crippen molar-refractivity contribution in [2.24, 2.45) is 5.92 Å². The molecule has 1 aromatic rings. The van der Waals surface area contributed by atoms with Gasteiger partial charge in [0.2, 0.25) is 11.7 Å². The van der Waals surface area contributed by atoms with E-state index >= 15 is 0 Å². The third-order valence-electron chi connectivity index (χ3n) is 1.36. The van der Waals surface area contributed by atoms with Gasteiger partial charge in [-0.1, -0.05) is 13.8 Å². The first-order valence-electron chi connectivity index (χ1n) is 3.93. The lowest BCUT2D eigenvalue weighted by Crippen LogP contribution is -2.03. The summed E-state index contributed by atoms with van der Waals surface area (Å²) in [5.41, 5.74) is 0.